The molecule has 112 valence electrons. The summed E-state index contributed by atoms with van der Waals surface area (Å²) in [5.41, 5.74) is 1.15. The van der Waals surface area contributed by atoms with Gasteiger partial charge in [-0.05, 0) is 57.9 Å². The molecule has 1 aromatic heterocycles. The first-order chi connectivity index (χ1) is 9.80. The summed E-state index contributed by atoms with van der Waals surface area (Å²) >= 11 is 0. The van der Waals surface area contributed by atoms with E-state index in [1.165, 1.54) is 25.8 Å². The van der Waals surface area contributed by atoms with Gasteiger partial charge < -0.3 is 10.1 Å². The van der Waals surface area contributed by atoms with Gasteiger partial charge in [0, 0.05) is 6.07 Å². The van der Waals surface area contributed by atoms with E-state index in [2.05, 4.69) is 34.3 Å². The van der Waals surface area contributed by atoms with Gasteiger partial charge in [-0.15, -0.1) is 0 Å². The van der Waals surface area contributed by atoms with Gasteiger partial charge in [0.25, 0.3) is 0 Å². The van der Waals surface area contributed by atoms with E-state index in [0.29, 0.717) is 17.8 Å². The van der Waals surface area contributed by atoms with Crippen molar-refractivity contribution < 1.29 is 4.74 Å². The summed E-state index contributed by atoms with van der Waals surface area (Å²) in [6, 6.07) is 6.52. The van der Waals surface area contributed by atoms with E-state index in [1.807, 2.05) is 13.1 Å². The van der Waals surface area contributed by atoms with Crippen LogP contribution >= 0.6 is 0 Å². The zero-order valence-corrected chi connectivity index (χ0v) is 12.9. The molecule has 0 saturated carbocycles. The summed E-state index contributed by atoms with van der Waals surface area (Å²) in [6.07, 6.45) is 3.74. The fraction of sp³-hybridized carbons (Fsp3) is 0.688. The van der Waals surface area contributed by atoms with E-state index < -0.39 is 0 Å². The van der Waals surface area contributed by atoms with Crippen LogP contribution in [0.3, 0.4) is 0 Å². The van der Waals surface area contributed by atoms with Gasteiger partial charge in [0.1, 0.15) is 0 Å². The molecule has 1 aliphatic rings. The molecule has 2 heterocycles. The molecular weight excluding hydrogens is 250 g/mol. The Bertz CT molecular complexity index is 392. The van der Waals surface area contributed by atoms with Gasteiger partial charge in [-0.25, -0.2) is 4.98 Å². The van der Waals surface area contributed by atoms with Gasteiger partial charge >= 0.3 is 0 Å². The molecule has 1 aliphatic heterocycles. The van der Waals surface area contributed by atoms with E-state index in [9.17, 15) is 0 Å². The van der Waals surface area contributed by atoms with Gasteiger partial charge in [-0.1, -0.05) is 13.0 Å². The van der Waals surface area contributed by atoms with Crippen molar-refractivity contribution in [3.8, 4) is 5.88 Å². The van der Waals surface area contributed by atoms with Crippen LogP contribution in [0.5, 0.6) is 5.88 Å². The third-order valence-corrected chi connectivity index (χ3v) is 4.09. The Balaban J connectivity index is 2.27. The number of ether oxygens (including phenoxy) is 1. The number of hydrogen-bond donors (Lipinski definition) is 1. The summed E-state index contributed by atoms with van der Waals surface area (Å²) in [6.45, 7) is 5.61. The Morgan fingerprint density at radius 2 is 2.30 bits per heavy atom. The number of methoxy groups -OCH3 is 1. The normalized spacial score (nSPS) is 23.8. The predicted molar refractivity (Wildman–Crippen MR) is 82.0 cm³/mol. The first kappa shape index (κ1) is 15.3. The molecular formula is C16H27N3O. The summed E-state index contributed by atoms with van der Waals surface area (Å²) in [7, 11) is 3.72. The lowest BCUT2D eigenvalue weighted by Crippen LogP contribution is -2.42. The van der Waals surface area contributed by atoms with Crippen LogP contribution in [0.25, 0.3) is 0 Å². The van der Waals surface area contributed by atoms with Crippen LogP contribution in [0.2, 0.25) is 0 Å². The maximum Gasteiger partial charge on any atom is 0.213 e. The second kappa shape index (κ2) is 7.60. The minimum Gasteiger partial charge on any atom is -0.481 e. The Morgan fingerprint density at radius 3 is 3.00 bits per heavy atom. The van der Waals surface area contributed by atoms with Crippen molar-refractivity contribution in [2.45, 2.75) is 32.2 Å². The fourth-order valence-corrected chi connectivity index (χ4v) is 3.30. The molecule has 2 rings (SSSR count). The standard InChI is InChI=1S/C16H27N3O/c1-4-10-19-11-6-7-13(12-17-2)16(19)14-8-5-9-15(18-14)20-3/h5,8-9,13,16-17H,4,6-7,10-12H2,1-3H3. The SMILES string of the molecule is CCCN1CCCC(CNC)C1c1cccc(OC)n1. The molecule has 0 aliphatic carbocycles. The van der Waals surface area contributed by atoms with Crippen molar-refractivity contribution in [3.63, 3.8) is 0 Å². The van der Waals surface area contributed by atoms with Crippen molar-refractivity contribution in [2.75, 3.05) is 33.8 Å². The third kappa shape index (κ3) is 3.49. The van der Waals surface area contributed by atoms with Crippen LogP contribution in [0.15, 0.2) is 18.2 Å². The van der Waals surface area contributed by atoms with E-state index in [1.54, 1.807) is 7.11 Å². The fourth-order valence-electron chi connectivity index (χ4n) is 3.30. The van der Waals surface area contributed by atoms with E-state index in [0.717, 1.165) is 18.8 Å². The highest BCUT2D eigenvalue weighted by atomic mass is 16.5. The smallest absolute Gasteiger partial charge is 0.213 e. The number of likely N-dealkylation sites (tertiary alicyclic amines) is 1. The van der Waals surface area contributed by atoms with Crippen LogP contribution in [-0.2, 0) is 0 Å². The first-order valence-corrected chi connectivity index (χ1v) is 7.69. The highest BCUT2D eigenvalue weighted by Crippen LogP contribution is 2.35. The van der Waals surface area contributed by atoms with Gasteiger partial charge in [0.05, 0.1) is 18.8 Å². The van der Waals surface area contributed by atoms with Crippen molar-refractivity contribution in [1.82, 2.24) is 15.2 Å². The second-order valence-electron chi connectivity index (χ2n) is 5.55. The zero-order chi connectivity index (χ0) is 14.4. The second-order valence-corrected chi connectivity index (χ2v) is 5.55. The molecule has 0 amide bonds. The average molecular weight is 277 g/mol. The monoisotopic (exact) mass is 277 g/mol. The topological polar surface area (TPSA) is 37.4 Å². The van der Waals surface area contributed by atoms with Gasteiger partial charge in [0.15, 0.2) is 0 Å². The summed E-state index contributed by atoms with van der Waals surface area (Å²) in [5.74, 6) is 1.34. The van der Waals surface area contributed by atoms with Crippen LogP contribution in [0, 0.1) is 5.92 Å². The molecule has 1 fully saturated rings. The quantitative estimate of drug-likeness (QED) is 0.867. The minimum absolute atomic E-state index is 0.409. The molecule has 2 atom stereocenters. The lowest BCUT2D eigenvalue weighted by Gasteiger charge is -2.41. The third-order valence-electron chi connectivity index (χ3n) is 4.09. The van der Waals surface area contributed by atoms with Crippen LogP contribution in [0.4, 0.5) is 0 Å². The Morgan fingerprint density at radius 1 is 1.45 bits per heavy atom. The van der Waals surface area contributed by atoms with Crippen LogP contribution in [0.1, 0.15) is 37.9 Å². The number of nitrogens with one attached hydrogen (secondary N) is 1. The molecule has 4 nitrogen and oxygen atoms in total. The highest BCUT2D eigenvalue weighted by Gasteiger charge is 2.32. The van der Waals surface area contributed by atoms with Crippen molar-refractivity contribution in [2.24, 2.45) is 5.92 Å². The summed E-state index contributed by atoms with van der Waals surface area (Å²) in [4.78, 5) is 7.28. The number of hydrogen-bond acceptors (Lipinski definition) is 4. The van der Waals surface area contributed by atoms with Crippen molar-refractivity contribution in [1.29, 1.82) is 0 Å². The van der Waals surface area contributed by atoms with Crippen LogP contribution < -0.4 is 10.1 Å². The number of rotatable bonds is 6. The lowest BCUT2D eigenvalue weighted by atomic mass is 9.86. The highest BCUT2D eigenvalue weighted by molar-refractivity contribution is 5.19. The molecule has 0 spiro atoms. The number of nitrogens with zero attached hydrogens (tertiary/aromatic N) is 2. The maximum atomic E-state index is 5.29. The summed E-state index contributed by atoms with van der Waals surface area (Å²) in [5, 5.41) is 3.34. The van der Waals surface area contributed by atoms with Crippen LogP contribution in [-0.4, -0.2) is 43.7 Å². The Kier molecular flexibility index (Phi) is 5.80. The number of pyridine rings is 1. The lowest BCUT2D eigenvalue weighted by molar-refractivity contribution is 0.0890. The molecule has 4 heteroatoms. The molecule has 0 bridgehead atoms. The number of aromatic nitrogens is 1. The summed E-state index contributed by atoms with van der Waals surface area (Å²) < 4.78 is 5.29. The first-order valence-electron chi connectivity index (χ1n) is 7.69. The Labute approximate surface area is 122 Å². The molecule has 2 unspecified atom stereocenters. The Hall–Kier alpha value is -1.13. The van der Waals surface area contributed by atoms with Gasteiger partial charge in [-0.3, -0.25) is 4.90 Å². The zero-order valence-electron chi connectivity index (χ0n) is 12.9. The number of piperidine rings is 1. The molecule has 20 heavy (non-hydrogen) atoms. The van der Waals surface area contributed by atoms with Gasteiger partial charge in [-0.2, -0.15) is 0 Å². The molecule has 0 radical (unpaired) electrons. The molecule has 0 aromatic carbocycles. The van der Waals surface area contributed by atoms with E-state index in [4.69, 9.17) is 4.74 Å². The van der Waals surface area contributed by atoms with Crippen molar-refractivity contribution >= 4 is 0 Å². The molecule has 1 N–H and O–H groups in total. The largest absolute Gasteiger partial charge is 0.481 e. The molecule has 1 aromatic rings. The minimum atomic E-state index is 0.409. The molecule has 1 saturated heterocycles. The van der Waals surface area contributed by atoms with Gasteiger partial charge in [0.2, 0.25) is 5.88 Å². The van der Waals surface area contributed by atoms with E-state index >= 15 is 0 Å². The average Bonchev–Trinajstić information content (AvgIpc) is 2.48. The predicted octanol–water partition coefficient (Wildman–Crippen LogP) is 2.47. The van der Waals surface area contributed by atoms with E-state index in [-0.39, 0.29) is 0 Å². The maximum absolute atomic E-state index is 5.29. The van der Waals surface area contributed by atoms with Crippen molar-refractivity contribution in [3.05, 3.63) is 23.9 Å².